The summed E-state index contributed by atoms with van der Waals surface area (Å²) in [5, 5.41) is 0. The minimum absolute atomic E-state index is 0.713. The molecule has 0 aromatic heterocycles. The van der Waals surface area contributed by atoms with Gasteiger partial charge in [0.15, 0.2) is 0 Å². The molecule has 2 heterocycles. The highest BCUT2D eigenvalue weighted by Gasteiger charge is 2.40. The van der Waals surface area contributed by atoms with Gasteiger partial charge in [-0.05, 0) is 74.3 Å². The highest BCUT2D eigenvalue weighted by molar-refractivity contribution is 5.73. The lowest BCUT2D eigenvalue weighted by Crippen LogP contribution is -2.28. The average Bonchev–Trinajstić information content (AvgIpc) is 3.41. The van der Waals surface area contributed by atoms with E-state index in [0.717, 1.165) is 18.5 Å². The molecular weight excluding hydrogens is 364 g/mol. The van der Waals surface area contributed by atoms with E-state index in [9.17, 15) is 0 Å². The molecule has 0 saturated carbocycles. The SMILES string of the molecule is CC1=C(c2ccc(CCN3CCC[C@H]3C)cc2)C2CN(Cc3ccccc3)CC2C1. The second-order valence-electron chi connectivity index (χ2n) is 9.92. The normalized spacial score (nSPS) is 27.2. The van der Waals surface area contributed by atoms with E-state index in [4.69, 9.17) is 0 Å². The van der Waals surface area contributed by atoms with Crippen LogP contribution in [0.15, 0.2) is 60.2 Å². The Hall–Kier alpha value is -1.90. The highest BCUT2D eigenvalue weighted by Crippen LogP contribution is 2.47. The summed E-state index contributed by atoms with van der Waals surface area (Å²) in [7, 11) is 0. The summed E-state index contributed by atoms with van der Waals surface area (Å²) in [6.07, 6.45) is 5.20. The van der Waals surface area contributed by atoms with E-state index in [-0.39, 0.29) is 0 Å². The summed E-state index contributed by atoms with van der Waals surface area (Å²) >= 11 is 0. The number of fused-ring (bicyclic) bond motifs is 1. The van der Waals surface area contributed by atoms with Crippen LogP contribution in [-0.2, 0) is 13.0 Å². The molecule has 0 radical (unpaired) electrons. The average molecular weight is 401 g/mol. The van der Waals surface area contributed by atoms with Crippen molar-refractivity contribution in [2.24, 2.45) is 11.8 Å². The largest absolute Gasteiger partial charge is 0.300 e. The van der Waals surface area contributed by atoms with Crippen LogP contribution in [0.25, 0.3) is 5.57 Å². The second-order valence-corrected chi connectivity index (χ2v) is 9.92. The molecule has 2 unspecified atom stereocenters. The number of hydrogen-bond donors (Lipinski definition) is 0. The van der Waals surface area contributed by atoms with E-state index in [2.05, 4.69) is 78.2 Å². The molecule has 30 heavy (non-hydrogen) atoms. The zero-order chi connectivity index (χ0) is 20.5. The molecule has 2 nitrogen and oxygen atoms in total. The van der Waals surface area contributed by atoms with Gasteiger partial charge in [-0.3, -0.25) is 4.90 Å². The molecule has 0 bridgehead atoms. The van der Waals surface area contributed by atoms with Crippen LogP contribution in [0.1, 0.15) is 49.8 Å². The maximum atomic E-state index is 2.67. The van der Waals surface area contributed by atoms with Crippen LogP contribution < -0.4 is 0 Å². The van der Waals surface area contributed by atoms with E-state index in [1.807, 2.05) is 0 Å². The lowest BCUT2D eigenvalue weighted by molar-refractivity contribution is 0.272. The van der Waals surface area contributed by atoms with Crippen LogP contribution in [0, 0.1) is 11.8 Å². The topological polar surface area (TPSA) is 6.48 Å². The Bertz CT molecular complexity index is 883. The first-order valence-electron chi connectivity index (χ1n) is 12.0. The van der Waals surface area contributed by atoms with Crippen LogP contribution in [0.2, 0.25) is 0 Å². The molecular formula is C28H36N2. The van der Waals surface area contributed by atoms with Gasteiger partial charge in [-0.25, -0.2) is 0 Å². The van der Waals surface area contributed by atoms with Crippen LogP contribution in [0.4, 0.5) is 0 Å². The Labute approximate surface area is 182 Å². The molecule has 0 amide bonds. The number of nitrogens with zero attached hydrogens (tertiary/aromatic N) is 2. The van der Waals surface area contributed by atoms with Gasteiger partial charge >= 0.3 is 0 Å². The molecule has 3 aliphatic rings. The van der Waals surface area contributed by atoms with Crippen molar-refractivity contribution in [1.82, 2.24) is 9.80 Å². The molecule has 1 aliphatic carbocycles. The molecule has 2 aromatic rings. The van der Waals surface area contributed by atoms with E-state index < -0.39 is 0 Å². The van der Waals surface area contributed by atoms with Crippen molar-refractivity contribution in [1.29, 1.82) is 0 Å². The van der Waals surface area contributed by atoms with E-state index in [1.165, 1.54) is 68.6 Å². The van der Waals surface area contributed by atoms with Crippen molar-refractivity contribution in [3.63, 3.8) is 0 Å². The van der Waals surface area contributed by atoms with Gasteiger partial charge in [0, 0.05) is 38.1 Å². The van der Waals surface area contributed by atoms with Crippen LogP contribution in [0.5, 0.6) is 0 Å². The van der Waals surface area contributed by atoms with E-state index in [0.29, 0.717) is 5.92 Å². The third-order valence-corrected chi connectivity index (χ3v) is 7.81. The maximum absolute atomic E-state index is 2.67. The third-order valence-electron chi connectivity index (χ3n) is 7.81. The van der Waals surface area contributed by atoms with Gasteiger partial charge < -0.3 is 4.90 Å². The number of allylic oxidation sites excluding steroid dienone is 1. The Morgan fingerprint density at radius 2 is 1.73 bits per heavy atom. The smallest absolute Gasteiger partial charge is 0.0234 e. The first kappa shape index (κ1) is 20.0. The fourth-order valence-corrected chi connectivity index (χ4v) is 6.19. The fourth-order valence-electron chi connectivity index (χ4n) is 6.19. The summed E-state index contributed by atoms with van der Waals surface area (Å²) in [4.78, 5) is 5.32. The molecule has 2 heteroatoms. The van der Waals surface area contributed by atoms with Gasteiger partial charge in [0.2, 0.25) is 0 Å². The maximum Gasteiger partial charge on any atom is 0.0234 e. The lowest BCUT2D eigenvalue weighted by atomic mass is 9.90. The minimum atomic E-state index is 0.713. The molecule has 3 atom stereocenters. The standard InChI is InChI=1S/C28H36N2/c1-21-17-26-19-29(18-24-8-4-3-5-9-24)20-27(26)28(21)25-12-10-23(11-13-25)14-16-30-15-6-7-22(30)2/h3-5,8-13,22,26-27H,6-7,14-20H2,1-2H3/t22-,26?,27?/m1/s1. The number of rotatable bonds is 6. The monoisotopic (exact) mass is 400 g/mol. The van der Waals surface area contributed by atoms with Crippen molar-refractivity contribution in [2.75, 3.05) is 26.2 Å². The van der Waals surface area contributed by atoms with Gasteiger partial charge in [0.25, 0.3) is 0 Å². The summed E-state index contributed by atoms with van der Waals surface area (Å²) in [6, 6.07) is 21.3. The van der Waals surface area contributed by atoms with Crippen molar-refractivity contribution in [3.8, 4) is 0 Å². The van der Waals surface area contributed by atoms with Crippen LogP contribution >= 0.6 is 0 Å². The molecule has 2 fully saturated rings. The quantitative estimate of drug-likeness (QED) is 0.619. The lowest BCUT2D eigenvalue weighted by Gasteiger charge is -2.21. The molecule has 0 N–H and O–H groups in total. The Balaban J connectivity index is 1.23. The fraction of sp³-hybridized carbons (Fsp3) is 0.500. The van der Waals surface area contributed by atoms with Crippen LogP contribution in [0.3, 0.4) is 0 Å². The second kappa shape index (κ2) is 8.69. The molecule has 5 rings (SSSR count). The summed E-state index contributed by atoms with van der Waals surface area (Å²) < 4.78 is 0. The molecule has 2 aliphatic heterocycles. The first-order chi connectivity index (χ1) is 14.7. The predicted molar refractivity (Wildman–Crippen MR) is 126 cm³/mol. The summed E-state index contributed by atoms with van der Waals surface area (Å²) in [6.45, 7) is 10.8. The minimum Gasteiger partial charge on any atom is -0.300 e. The molecule has 158 valence electrons. The number of hydrogen-bond acceptors (Lipinski definition) is 2. The summed E-state index contributed by atoms with van der Waals surface area (Å²) in [5.41, 5.74) is 7.68. The molecule has 2 aromatic carbocycles. The van der Waals surface area contributed by atoms with E-state index >= 15 is 0 Å². The Morgan fingerprint density at radius 3 is 2.47 bits per heavy atom. The van der Waals surface area contributed by atoms with E-state index in [1.54, 1.807) is 11.1 Å². The number of benzene rings is 2. The van der Waals surface area contributed by atoms with Crippen molar-refractivity contribution < 1.29 is 0 Å². The zero-order valence-electron chi connectivity index (χ0n) is 18.7. The highest BCUT2D eigenvalue weighted by atomic mass is 15.2. The van der Waals surface area contributed by atoms with Crippen LogP contribution in [-0.4, -0.2) is 42.0 Å². The van der Waals surface area contributed by atoms with Crippen molar-refractivity contribution in [3.05, 3.63) is 76.9 Å². The summed E-state index contributed by atoms with van der Waals surface area (Å²) in [5.74, 6) is 1.52. The molecule has 2 saturated heterocycles. The van der Waals surface area contributed by atoms with Gasteiger partial charge in [-0.1, -0.05) is 60.2 Å². The van der Waals surface area contributed by atoms with Gasteiger partial charge in [-0.15, -0.1) is 0 Å². The third kappa shape index (κ3) is 4.13. The van der Waals surface area contributed by atoms with Gasteiger partial charge in [0.05, 0.1) is 0 Å². The first-order valence-corrected chi connectivity index (χ1v) is 12.0. The molecule has 0 spiro atoms. The van der Waals surface area contributed by atoms with Crippen molar-refractivity contribution >= 4 is 5.57 Å². The van der Waals surface area contributed by atoms with Crippen molar-refractivity contribution in [2.45, 2.75) is 52.1 Å². The van der Waals surface area contributed by atoms with Gasteiger partial charge in [-0.2, -0.15) is 0 Å². The Kier molecular flexibility index (Phi) is 5.80. The van der Waals surface area contributed by atoms with Gasteiger partial charge in [0.1, 0.15) is 0 Å². The predicted octanol–water partition coefficient (Wildman–Crippen LogP) is 5.64. The Morgan fingerprint density at radius 1 is 0.933 bits per heavy atom. The zero-order valence-corrected chi connectivity index (χ0v) is 18.7. The number of likely N-dealkylation sites (tertiary alicyclic amines) is 2.